The summed E-state index contributed by atoms with van der Waals surface area (Å²) in [5.74, 6) is -0.905. The zero-order valence-corrected chi connectivity index (χ0v) is 18.0. The molecule has 33 heavy (non-hydrogen) atoms. The van der Waals surface area contributed by atoms with E-state index in [4.69, 9.17) is 15.0 Å². The molecule has 0 aliphatic carbocycles. The van der Waals surface area contributed by atoms with Gasteiger partial charge in [0.25, 0.3) is 5.91 Å². The van der Waals surface area contributed by atoms with E-state index in [1.807, 2.05) is 4.90 Å². The lowest BCUT2D eigenvalue weighted by Crippen LogP contribution is -2.52. The summed E-state index contributed by atoms with van der Waals surface area (Å²) < 4.78 is 45.2. The molecule has 2 aromatic rings. The first-order chi connectivity index (χ1) is 17.7. The molecule has 2 saturated heterocycles. The van der Waals surface area contributed by atoms with Crippen molar-refractivity contribution in [2.75, 3.05) is 26.3 Å². The van der Waals surface area contributed by atoms with Crippen molar-refractivity contribution in [3.05, 3.63) is 64.7 Å². The maximum absolute atomic E-state index is 13.0. The predicted octanol–water partition coefficient (Wildman–Crippen LogP) is 1.86. The van der Waals surface area contributed by atoms with Crippen LogP contribution in [0.1, 0.15) is 45.4 Å². The van der Waals surface area contributed by atoms with E-state index in [0.29, 0.717) is 43.2 Å². The minimum absolute atomic E-state index is 0.00709. The Balaban J connectivity index is 1.34. The van der Waals surface area contributed by atoms with Gasteiger partial charge in [-0.3, -0.25) is 24.6 Å². The Morgan fingerprint density at radius 2 is 1.91 bits per heavy atom. The topological polar surface area (TPSA) is 88.2 Å². The number of rotatable bonds is 6. The summed E-state index contributed by atoms with van der Waals surface area (Å²) in [4.78, 5) is 40.1. The normalized spacial score (nSPS) is 24.8. The van der Waals surface area contributed by atoms with Gasteiger partial charge < -0.3 is 14.4 Å². The van der Waals surface area contributed by atoms with Crippen LogP contribution in [0.15, 0.2) is 42.4 Å². The van der Waals surface area contributed by atoms with E-state index < -0.39 is 25.1 Å². The van der Waals surface area contributed by atoms with Gasteiger partial charge in [-0.05, 0) is 29.7 Å². The van der Waals surface area contributed by atoms with Crippen molar-refractivity contribution in [1.82, 2.24) is 15.1 Å². The first kappa shape index (κ1) is 17.3. The number of amides is 3. The number of nitrogens with zero attached hydrogens (tertiary/aromatic N) is 2. The van der Waals surface area contributed by atoms with Crippen LogP contribution in [0.3, 0.4) is 0 Å². The molecule has 0 saturated carbocycles. The largest absolute Gasteiger partial charge is 0.489 e. The number of benzene rings is 2. The first-order valence-corrected chi connectivity index (χ1v) is 10.9. The molecule has 1 N–H and O–H groups in total. The number of morpholine rings is 1. The fourth-order valence-electron chi connectivity index (χ4n) is 4.24. The summed E-state index contributed by atoms with van der Waals surface area (Å²) in [6.45, 7) is 0.0593. The number of nitrogens with one attached hydrogen (secondary N) is 1. The zero-order valence-electron chi connectivity index (χ0n) is 22.0. The second kappa shape index (κ2) is 9.33. The van der Waals surface area contributed by atoms with E-state index in [0.717, 1.165) is 0 Å². The van der Waals surface area contributed by atoms with Crippen molar-refractivity contribution in [2.45, 2.75) is 38.5 Å². The number of carbonyl (C=O) groups is 3. The number of hydrogen-bond acceptors (Lipinski definition) is 6. The molecule has 3 atom stereocenters. The molecule has 3 heterocycles. The van der Waals surface area contributed by atoms with Crippen LogP contribution in [0.25, 0.3) is 0 Å². The molecule has 8 heteroatoms. The Morgan fingerprint density at radius 1 is 1.12 bits per heavy atom. The average Bonchev–Trinajstić information content (AvgIpc) is 3.21. The van der Waals surface area contributed by atoms with Crippen molar-refractivity contribution in [3.63, 3.8) is 0 Å². The Kier molecular flexibility index (Phi) is 4.88. The van der Waals surface area contributed by atoms with Gasteiger partial charge in [-0.1, -0.05) is 30.3 Å². The minimum atomic E-state index is -1.28. The molecule has 3 amide bonds. The quantitative estimate of drug-likeness (QED) is 0.672. The third-order valence-electron chi connectivity index (χ3n) is 6.01. The van der Waals surface area contributed by atoms with Gasteiger partial charge in [0.2, 0.25) is 11.8 Å². The number of piperidine rings is 1. The van der Waals surface area contributed by atoms with E-state index >= 15 is 0 Å². The Hall–Kier alpha value is -3.23. The van der Waals surface area contributed by atoms with Gasteiger partial charge >= 0.3 is 0 Å². The molecule has 3 aliphatic rings. The monoisotopic (exact) mass is 453 g/mol. The molecular formula is C25H27N3O5. The molecule has 2 fully saturated rings. The SMILES string of the molecule is [2H]c1cc(C([2H])Oc2cccc3c2CN(C2CCC(=O)NC2=O)C3=O)cc([2H])c1C([2H])N1CCOCC1. The smallest absolute Gasteiger partial charge is 0.255 e. The second-order valence-electron chi connectivity index (χ2n) is 8.19. The maximum atomic E-state index is 13.0. The van der Waals surface area contributed by atoms with Crippen LogP contribution in [-0.4, -0.2) is 59.9 Å². The summed E-state index contributed by atoms with van der Waals surface area (Å²) in [5.41, 5.74) is 1.47. The van der Waals surface area contributed by atoms with Gasteiger partial charge in [-0.2, -0.15) is 0 Å². The highest BCUT2D eigenvalue weighted by Crippen LogP contribution is 2.34. The minimum Gasteiger partial charge on any atom is -0.489 e. The van der Waals surface area contributed by atoms with Crippen LogP contribution in [0.5, 0.6) is 5.75 Å². The molecule has 3 unspecified atom stereocenters. The molecule has 0 aromatic heterocycles. The van der Waals surface area contributed by atoms with Crippen LogP contribution in [-0.2, 0) is 34.0 Å². The molecule has 2 aromatic carbocycles. The Bertz CT molecular complexity index is 1230. The van der Waals surface area contributed by atoms with E-state index in [1.54, 1.807) is 18.2 Å². The van der Waals surface area contributed by atoms with Crippen molar-refractivity contribution >= 4 is 17.7 Å². The predicted molar refractivity (Wildman–Crippen MR) is 119 cm³/mol. The van der Waals surface area contributed by atoms with Crippen LogP contribution >= 0.6 is 0 Å². The van der Waals surface area contributed by atoms with E-state index in [2.05, 4.69) is 5.32 Å². The Morgan fingerprint density at radius 3 is 2.67 bits per heavy atom. The third kappa shape index (κ3) is 4.62. The molecule has 172 valence electrons. The van der Waals surface area contributed by atoms with Crippen molar-refractivity contribution in [1.29, 1.82) is 0 Å². The fourth-order valence-corrected chi connectivity index (χ4v) is 4.24. The van der Waals surface area contributed by atoms with Gasteiger partial charge in [0.05, 0.1) is 23.9 Å². The molecule has 3 aliphatic heterocycles. The second-order valence-corrected chi connectivity index (χ2v) is 8.19. The highest BCUT2D eigenvalue weighted by atomic mass is 16.5. The lowest BCUT2D eigenvalue weighted by atomic mass is 10.0. The molecule has 0 bridgehead atoms. The zero-order chi connectivity index (χ0) is 26.3. The summed E-state index contributed by atoms with van der Waals surface area (Å²) in [6, 6.07) is 7.01. The number of ether oxygens (including phenoxy) is 2. The first-order valence-electron chi connectivity index (χ1n) is 13.1. The molecule has 0 radical (unpaired) electrons. The number of imide groups is 1. The number of hydrogen-bond donors (Lipinski definition) is 1. The van der Waals surface area contributed by atoms with Crippen molar-refractivity contribution in [3.8, 4) is 5.75 Å². The highest BCUT2D eigenvalue weighted by Gasteiger charge is 2.40. The lowest BCUT2D eigenvalue weighted by molar-refractivity contribution is -0.136. The van der Waals surface area contributed by atoms with E-state index in [9.17, 15) is 14.4 Å². The van der Waals surface area contributed by atoms with Crippen molar-refractivity contribution < 1.29 is 29.3 Å². The summed E-state index contributed by atoms with van der Waals surface area (Å²) in [5, 5.41) is 2.27. The van der Waals surface area contributed by atoms with Gasteiger partial charge in [0.1, 0.15) is 18.4 Å². The molecule has 5 rings (SSSR count). The summed E-state index contributed by atoms with van der Waals surface area (Å²) >= 11 is 0. The highest BCUT2D eigenvalue weighted by molar-refractivity contribution is 6.05. The molecule has 8 nitrogen and oxygen atoms in total. The fraction of sp³-hybridized carbons (Fsp3) is 0.400. The average molecular weight is 454 g/mol. The number of carbonyl (C=O) groups excluding carboxylic acids is 3. The molecular weight excluding hydrogens is 422 g/mol. The van der Waals surface area contributed by atoms with Crippen molar-refractivity contribution in [2.24, 2.45) is 0 Å². The Labute approximate surface area is 198 Å². The van der Waals surface area contributed by atoms with Gasteiger partial charge in [0.15, 0.2) is 0 Å². The number of fused-ring (bicyclic) bond motifs is 1. The van der Waals surface area contributed by atoms with Crippen LogP contribution in [0, 0.1) is 0 Å². The standard InChI is InChI=1S/C25H27N3O5/c29-23-9-8-21(24(30)26-23)28-15-20-19(25(28)31)2-1-3-22(20)33-16-18-6-4-17(5-7-18)14-27-10-12-32-13-11-27/h1-7,21H,8-16H2,(H,26,29,30)/i4D,5D,14D,16D. The maximum Gasteiger partial charge on any atom is 0.255 e. The summed E-state index contributed by atoms with van der Waals surface area (Å²) in [7, 11) is 0. The van der Waals surface area contributed by atoms with Crippen LogP contribution in [0.2, 0.25) is 0 Å². The van der Waals surface area contributed by atoms with Gasteiger partial charge in [0, 0.05) is 38.5 Å². The lowest BCUT2D eigenvalue weighted by Gasteiger charge is -2.29. The summed E-state index contributed by atoms with van der Waals surface area (Å²) in [6.07, 6.45) is 0.397. The van der Waals surface area contributed by atoms with E-state index in [1.165, 1.54) is 17.0 Å². The molecule has 0 spiro atoms. The van der Waals surface area contributed by atoms with Gasteiger partial charge in [-0.25, -0.2) is 0 Å². The van der Waals surface area contributed by atoms with Crippen LogP contribution < -0.4 is 10.1 Å². The van der Waals surface area contributed by atoms with E-state index in [-0.39, 0.29) is 54.4 Å². The third-order valence-corrected chi connectivity index (χ3v) is 6.01. The van der Waals surface area contributed by atoms with Gasteiger partial charge in [-0.15, -0.1) is 0 Å². The van der Waals surface area contributed by atoms with Crippen LogP contribution in [0.4, 0.5) is 0 Å².